The Morgan fingerprint density at radius 1 is 1.14 bits per heavy atom. The Morgan fingerprint density at radius 2 is 1.81 bits per heavy atom. The number of fused-ring (bicyclic) bond motifs is 1. The van der Waals surface area contributed by atoms with Gasteiger partial charge in [0.15, 0.2) is 5.65 Å². The number of thioether (sulfide) groups is 1. The topological polar surface area (TPSA) is 125 Å². The zero-order valence-electron chi connectivity index (χ0n) is 24.2. The number of carbonyl (C=O) groups is 2. The number of aliphatic hydroxyl groups excluding tert-OH is 1. The second kappa shape index (κ2) is 11.4. The van der Waals surface area contributed by atoms with E-state index in [4.69, 9.17) is 10.1 Å². The van der Waals surface area contributed by atoms with E-state index in [1.165, 1.54) is 28.8 Å². The van der Waals surface area contributed by atoms with Crippen molar-refractivity contribution in [2.24, 2.45) is 0 Å². The fourth-order valence-electron chi connectivity index (χ4n) is 5.65. The van der Waals surface area contributed by atoms with Crippen LogP contribution >= 0.6 is 11.8 Å². The lowest BCUT2D eigenvalue weighted by Crippen LogP contribution is -2.59. The summed E-state index contributed by atoms with van der Waals surface area (Å²) in [6.45, 7) is 6.18. The Balaban J connectivity index is 1.28. The number of hydrazine groups is 1. The Kier molecular flexibility index (Phi) is 7.61. The molecule has 2 amide bonds. The minimum Gasteiger partial charge on any atom is -0.389 e. The van der Waals surface area contributed by atoms with Gasteiger partial charge >= 0.3 is 11.8 Å². The highest BCUT2D eigenvalue weighted by molar-refractivity contribution is 8.03. The predicted molar refractivity (Wildman–Crippen MR) is 160 cm³/mol. The van der Waals surface area contributed by atoms with Gasteiger partial charge in [0.1, 0.15) is 28.3 Å². The molecule has 1 aromatic carbocycles. The molecular formula is C29H32FN9O3S. The van der Waals surface area contributed by atoms with Gasteiger partial charge in [-0.25, -0.2) is 13.9 Å². The third-order valence-corrected chi connectivity index (χ3v) is 9.01. The zero-order chi connectivity index (χ0) is 30.4. The van der Waals surface area contributed by atoms with E-state index < -0.39 is 17.9 Å². The van der Waals surface area contributed by atoms with Crippen LogP contribution in [0.25, 0.3) is 11.3 Å². The molecule has 0 unspecified atom stereocenters. The number of allylic oxidation sites excluding steroid dienone is 1. The number of piperazine rings is 1. The van der Waals surface area contributed by atoms with Crippen LogP contribution in [0, 0.1) is 24.1 Å². The fourth-order valence-corrected chi connectivity index (χ4v) is 6.63. The largest absolute Gasteiger partial charge is 0.389 e. The average Bonchev–Trinajstić information content (AvgIpc) is 3.61. The van der Waals surface area contributed by atoms with Crippen molar-refractivity contribution in [3.63, 3.8) is 0 Å². The van der Waals surface area contributed by atoms with Gasteiger partial charge in [-0.3, -0.25) is 19.6 Å². The van der Waals surface area contributed by atoms with Crippen molar-refractivity contribution in [3.05, 3.63) is 58.0 Å². The summed E-state index contributed by atoms with van der Waals surface area (Å²) in [5, 5.41) is 28.2. The van der Waals surface area contributed by atoms with Gasteiger partial charge < -0.3 is 19.8 Å². The van der Waals surface area contributed by atoms with Crippen LogP contribution in [0.15, 0.2) is 35.2 Å². The van der Waals surface area contributed by atoms with Gasteiger partial charge in [-0.15, -0.1) is 0 Å². The lowest BCUT2D eigenvalue weighted by atomic mass is 10.1. The molecule has 0 spiro atoms. The highest BCUT2D eigenvalue weighted by Crippen LogP contribution is 2.41. The molecule has 3 aliphatic rings. The van der Waals surface area contributed by atoms with Gasteiger partial charge in [-0.2, -0.15) is 10.4 Å². The van der Waals surface area contributed by atoms with Crippen molar-refractivity contribution in [2.75, 3.05) is 62.1 Å². The molecule has 43 heavy (non-hydrogen) atoms. The van der Waals surface area contributed by atoms with Gasteiger partial charge in [0.2, 0.25) is 0 Å². The molecule has 3 aliphatic heterocycles. The van der Waals surface area contributed by atoms with Crippen LogP contribution < -0.4 is 9.91 Å². The number of nitrogens with zero attached hydrogens (tertiary/aromatic N) is 9. The molecule has 0 aliphatic carbocycles. The number of carbonyl (C=O) groups excluding carboxylic acids is 2. The van der Waals surface area contributed by atoms with E-state index in [0.717, 1.165) is 28.5 Å². The highest BCUT2D eigenvalue weighted by Gasteiger charge is 2.36. The summed E-state index contributed by atoms with van der Waals surface area (Å²) >= 11 is 1.42. The predicted octanol–water partition coefficient (Wildman–Crippen LogP) is 1.84. The van der Waals surface area contributed by atoms with Crippen molar-refractivity contribution in [2.45, 2.75) is 26.4 Å². The number of rotatable bonds is 5. The molecule has 2 fully saturated rings. The molecule has 0 bridgehead atoms. The molecule has 14 heteroatoms. The standard InChI is InChI=1S/C29H32FN9O3S/c1-4-22-26(34(3)38-17-43-23(14-31)25(38)19-5-7-20(30)8-6-19)27-32-24(13-18(2)39(27)33-22)35-9-11-36(12-10-35)28(41)29(42)37-15-21(40)16-37/h5-8,13,21,40H,4,9-12,15-17H2,1-3H3. The number of anilines is 2. The van der Waals surface area contributed by atoms with E-state index in [1.54, 1.807) is 17.0 Å². The van der Waals surface area contributed by atoms with Crippen LogP contribution in [0.5, 0.6) is 0 Å². The van der Waals surface area contributed by atoms with Gasteiger partial charge in [-0.05, 0) is 37.6 Å². The Bertz CT molecular complexity index is 1650. The minimum absolute atomic E-state index is 0.199. The van der Waals surface area contributed by atoms with Gasteiger partial charge in [0.25, 0.3) is 0 Å². The lowest BCUT2D eigenvalue weighted by Gasteiger charge is -2.39. The molecule has 1 N–H and O–H groups in total. The second-order valence-electron chi connectivity index (χ2n) is 10.8. The van der Waals surface area contributed by atoms with E-state index in [0.29, 0.717) is 54.7 Å². The normalized spacial score (nSPS) is 17.5. The van der Waals surface area contributed by atoms with Crippen molar-refractivity contribution < 1.29 is 19.1 Å². The van der Waals surface area contributed by atoms with E-state index in [9.17, 15) is 24.3 Å². The van der Waals surface area contributed by atoms with E-state index >= 15 is 0 Å². The molecular weight excluding hydrogens is 573 g/mol. The second-order valence-corrected chi connectivity index (χ2v) is 11.7. The summed E-state index contributed by atoms with van der Waals surface area (Å²) in [6.07, 6.45) is 0.101. The summed E-state index contributed by atoms with van der Waals surface area (Å²) in [5.74, 6) is -0.208. The van der Waals surface area contributed by atoms with Crippen molar-refractivity contribution >= 4 is 46.4 Å². The summed E-state index contributed by atoms with van der Waals surface area (Å²) < 4.78 is 15.5. The van der Waals surface area contributed by atoms with E-state index in [2.05, 4.69) is 11.0 Å². The molecule has 2 saturated heterocycles. The Morgan fingerprint density at radius 3 is 2.44 bits per heavy atom. The van der Waals surface area contributed by atoms with Crippen LogP contribution in [0.1, 0.15) is 23.9 Å². The van der Waals surface area contributed by atoms with Crippen LogP contribution in [0.2, 0.25) is 0 Å². The molecule has 0 atom stereocenters. The third kappa shape index (κ3) is 5.12. The average molecular weight is 606 g/mol. The van der Waals surface area contributed by atoms with E-state index in [1.807, 2.05) is 41.5 Å². The minimum atomic E-state index is -0.568. The molecule has 224 valence electrons. The smallest absolute Gasteiger partial charge is 0.312 e. The monoisotopic (exact) mass is 605 g/mol. The first-order valence-electron chi connectivity index (χ1n) is 14.1. The Hall–Kier alpha value is -4.35. The van der Waals surface area contributed by atoms with Crippen LogP contribution in [0.4, 0.5) is 15.9 Å². The number of hydrogen-bond acceptors (Lipinski definition) is 10. The van der Waals surface area contributed by atoms with Crippen molar-refractivity contribution in [1.82, 2.24) is 29.4 Å². The van der Waals surface area contributed by atoms with Crippen LogP contribution in [0.3, 0.4) is 0 Å². The number of nitriles is 1. The van der Waals surface area contributed by atoms with Gasteiger partial charge in [0, 0.05) is 63.6 Å². The first-order valence-corrected chi connectivity index (χ1v) is 15.1. The van der Waals surface area contributed by atoms with Crippen LogP contribution in [-0.4, -0.2) is 105 Å². The van der Waals surface area contributed by atoms with E-state index in [-0.39, 0.29) is 18.9 Å². The third-order valence-electron chi connectivity index (χ3n) is 8.07. The number of hydrogen-bond donors (Lipinski definition) is 1. The maximum Gasteiger partial charge on any atom is 0.312 e. The number of benzene rings is 1. The number of β-amino-alcohol motifs (C(OH)–C–C–N with tert-alkyl or cyclic N) is 1. The fraction of sp³-hybridized carbons (Fsp3) is 0.414. The number of halogens is 1. The highest BCUT2D eigenvalue weighted by atomic mass is 32.2. The zero-order valence-corrected chi connectivity index (χ0v) is 25.0. The molecule has 3 aromatic rings. The lowest BCUT2D eigenvalue weighted by molar-refractivity contribution is -0.157. The van der Waals surface area contributed by atoms with Crippen molar-refractivity contribution in [1.29, 1.82) is 5.26 Å². The summed E-state index contributed by atoms with van der Waals surface area (Å²) in [4.78, 5) is 35.8. The SMILES string of the molecule is CCc1nn2c(C)cc(N3CCN(C(=O)C(=O)N4CC(O)C4)CC3)nc2c1N(C)N1CSC(C#N)=C1c1ccc(F)cc1. The number of likely N-dealkylation sites (tertiary alicyclic amines) is 1. The number of aliphatic hydroxyl groups is 1. The maximum atomic E-state index is 13.7. The molecule has 0 saturated carbocycles. The molecule has 5 heterocycles. The maximum absolute atomic E-state index is 13.7. The van der Waals surface area contributed by atoms with Gasteiger partial charge in [0.05, 0.1) is 23.4 Å². The number of aryl methyl sites for hydroxylation is 2. The van der Waals surface area contributed by atoms with Crippen LogP contribution in [-0.2, 0) is 16.0 Å². The number of amides is 2. The molecule has 2 aromatic heterocycles. The number of aromatic nitrogens is 3. The first kappa shape index (κ1) is 28.8. The molecule has 12 nitrogen and oxygen atoms in total. The summed E-state index contributed by atoms with van der Waals surface area (Å²) in [5.41, 5.74) is 4.64. The van der Waals surface area contributed by atoms with Crippen molar-refractivity contribution in [3.8, 4) is 6.07 Å². The molecule has 0 radical (unpaired) electrons. The summed E-state index contributed by atoms with van der Waals surface area (Å²) in [7, 11) is 1.92. The Labute approximate surface area is 252 Å². The first-order chi connectivity index (χ1) is 20.7. The van der Waals surface area contributed by atoms with Gasteiger partial charge in [-0.1, -0.05) is 18.7 Å². The summed E-state index contributed by atoms with van der Waals surface area (Å²) in [6, 6.07) is 10.4. The quantitative estimate of drug-likeness (QED) is 0.431. The molecule has 6 rings (SSSR count).